The van der Waals surface area contributed by atoms with Crippen LogP contribution in [-0.2, 0) is 4.79 Å². The lowest BCUT2D eigenvalue weighted by Crippen LogP contribution is -2.48. The number of rotatable bonds is 6. The van der Waals surface area contributed by atoms with Crippen molar-refractivity contribution in [3.05, 3.63) is 0 Å². The van der Waals surface area contributed by atoms with Crippen LogP contribution in [0.5, 0.6) is 0 Å². The second-order valence-corrected chi connectivity index (χ2v) is 5.82. The molecule has 0 aromatic heterocycles. The van der Waals surface area contributed by atoms with Gasteiger partial charge in [0.05, 0.1) is 0 Å². The maximum absolute atomic E-state index is 12.3. The molecule has 1 heterocycles. The van der Waals surface area contributed by atoms with E-state index in [1.807, 2.05) is 6.26 Å². The predicted octanol–water partition coefficient (Wildman–Crippen LogP) is 1.74. The van der Waals surface area contributed by atoms with E-state index in [2.05, 4.69) is 12.2 Å². The molecule has 0 bridgehead atoms. The zero-order chi connectivity index (χ0) is 14.4. The number of unbranched alkanes of at least 4 members (excludes halogenated alkanes) is 1. The molecule has 1 aliphatic heterocycles. The van der Waals surface area contributed by atoms with Crippen molar-refractivity contribution in [2.45, 2.75) is 44.8 Å². The number of carbonyl (C=O) groups excluding carboxylic acids is 2. The van der Waals surface area contributed by atoms with Crippen molar-refractivity contribution in [3.8, 4) is 0 Å². The van der Waals surface area contributed by atoms with Gasteiger partial charge in [-0.15, -0.1) is 0 Å². The summed E-state index contributed by atoms with van der Waals surface area (Å²) in [4.78, 5) is 27.9. The molecule has 0 aromatic carbocycles. The number of nitrogens with zero attached hydrogens (tertiary/aromatic N) is 2. The van der Waals surface area contributed by atoms with Gasteiger partial charge in [0.1, 0.15) is 12.2 Å². The number of hydrogen-bond acceptors (Lipinski definition) is 3. The normalized spacial score (nSPS) is 23.1. The standard InChI is InChI=1S/C13H25N3O2S/c1-5-6-7-11-15(3)12(17)10(8-9-19-4)16(11)13(18)14-2/h10-11H,5-9H2,1-4H3,(H,14,18)/t10-,11?/m0/s1. The molecule has 1 unspecified atom stereocenters. The van der Waals surface area contributed by atoms with Gasteiger partial charge in [-0.1, -0.05) is 13.3 Å². The molecule has 0 saturated carbocycles. The maximum Gasteiger partial charge on any atom is 0.319 e. The summed E-state index contributed by atoms with van der Waals surface area (Å²) in [6.45, 7) is 2.12. The van der Waals surface area contributed by atoms with E-state index in [0.29, 0.717) is 0 Å². The van der Waals surface area contributed by atoms with Gasteiger partial charge >= 0.3 is 6.03 Å². The summed E-state index contributed by atoms with van der Waals surface area (Å²) in [6.07, 6.45) is 5.57. The maximum atomic E-state index is 12.3. The van der Waals surface area contributed by atoms with Gasteiger partial charge in [0.25, 0.3) is 0 Å². The van der Waals surface area contributed by atoms with E-state index in [4.69, 9.17) is 0 Å². The highest BCUT2D eigenvalue weighted by Crippen LogP contribution is 2.27. The third-order valence-electron chi connectivity index (χ3n) is 3.60. The molecule has 19 heavy (non-hydrogen) atoms. The zero-order valence-electron chi connectivity index (χ0n) is 12.3. The largest absolute Gasteiger partial charge is 0.341 e. The topological polar surface area (TPSA) is 52.7 Å². The van der Waals surface area contributed by atoms with Crippen LogP contribution in [0.2, 0.25) is 0 Å². The zero-order valence-corrected chi connectivity index (χ0v) is 13.1. The molecule has 2 atom stereocenters. The minimum atomic E-state index is -0.306. The third kappa shape index (κ3) is 3.55. The molecular formula is C13H25N3O2S. The highest BCUT2D eigenvalue weighted by molar-refractivity contribution is 7.98. The molecule has 1 saturated heterocycles. The number of likely N-dealkylation sites (N-methyl/N-ethyl adjacent to an activating group) is 1. The fraction of sp³-hybridized carbons (Fsp3) is 0.846. The van der Waals surface area contributed by atoms with Crippen LogP contribution < -0.4 is 5.32 Å². The monoisotopic (exact) mass is 287 g/mol. The summed E-state index contributed by atoms with van der Waals surface area (Å²) in [6, 6.07) is -0.454. The molecule has 1 fully saturated rings. The van der Waals surface area contributed by atoms with Gasteiger partial charge in [-0.2, -0.15) is 11.8 Å². The summed E-state index contributed by atoms with van der Waals surface area (Å²) >= 11 is 1.70. The Kier molecular flexibility index (Phi) is 6.48. The molecule has 1 aliphatic rings. The Labute approximate surface area is 120 Å². The lowest BCUT2D eigenvalue weighted by molar-refractivity contribution is -0.128. The minimum Gasteiger partial charge on any atom is -0.341 e. The van der Waals surface area contributed by atoms with Crippen molar-refractivity contribution in [2.24, 2.45) is 0 Å². The van der Waals surface area contributed by atoms with Gasteiger partial charge in [-0.05, 0) is 31.3 Å². The predicted molar refractivity (Wildman–Crippen MR) is 79.2 cm³/mol. The highest BCUT2D eigenvalue weighted by Gasteiger charge is 2.45. The summed E-state index contributed by atoms with van der Waals surface area (Å²) in [7, 11) is 3.42. The first-order valence-electron chi connectivity index (χ1n) is 6.84. The molecule has 0 aromatic rings. The summed E-state index contributed by atoms with van der Waals surface area (Å²) in [5.74, 6) is 0.955. The first kappa shape index (κ1) is 16.1. The van der Waals surface area contributed by atoms with Gasteiger partial charge in [0.2, 0.25) is 5.91 Å². The Balaban J connectivity index is 2.88. The lowest BCUT2D eigenvalue weighted by atomic mass is 10.2. The number of carbonyl (C=O) groups is 2. The number of urea groups is 1. The van der Waals surface area contributed by atoms with Crippen molar-refractivity contribution in [3.63, 3.8) is 0 Å². The Morgan fingerprint density at radius 2 is 2.11 bits per heavy atom. The summed E-state index contributed by atoms with van der Waals surface area (Å²) in [5, 5.41) is 2.66. The molecule has 5 nitrogen and oxygen atoms in total. The molecule has 0 radical (unpaired) electrons. The third-order valence-corrected chi connectivity index (χ3v) is 4.24. The fourth-order valence-corrected chi connectivity index (χ4v) is 2.97. The van der Waals surface area contributed by atoms with Crippen LogP contribution in [0.1, 0.15) is 32.6 Å². The van der Waals surface area contributed by atoms with Crippen molar-refractivity contribution in [2.75, 3.05) is 26.1 Å². The van der Waals surface area contributed by atoms with Gasteiger partial charge in [0, 0.05) is 14.1 Å². The van der Waals surface area contributed by atoms with Crippen LogP contribution in [0, 0.1) is 0 Å². The van der Waals surface area contributed by atoms with Crippen molar-refractivity contribution >= 4 is 23.7 Å². The van der Waals surface area contributed by atoms with E-state index in [-0.39, 0.29) is 24.1 Å². The summed E-state index contributed by atoms with van der Waals surface area (Å²) in [5.41, 5.74) is 0. The van der Waals surface area contributed by atoms with Crippen LogP contribution in [0.15, 0.2) is 0 Å². The molecule has 1 N–H and O–H groups in total. The smallest absolute Gasteiger partial charge is 0.319 e. The van der Waals surface area contributed by atoms with Crippen LogP contribution in [-0.4, -0.2) is 60.0 Å². The molecule has 0 spiro atoms. The van der Waals surface area contributed by atoms with Crippen molar-refractivity contribution in [1.82, 2.24) is 15.1 Å². The van der Waals surface area contributed by atoms with Crippen LogP contribution in [0.3, 0.4) is 0 Å². The van der Waals surface area contributed by atoms with Gasteiger partial charge in [-0.3, -0.25) is 9.69 Å². The second-order valence-electron chi connectivity index (χ2n) is 4.83. The average Bonchev–Trinajstić information content (AvgIpc) is 2.66. The Morgan fingerprint density at radius 3 is 2.63 bits per heavy atom. The molecule has 6 heteroatoms. The van der Waals surface area contributed by atoms with Gasteiger partial charge < -0.3 is 10.2 Å². The molecule has 110 valence electrons. The SMILES string of the molecule is CCCCC1N(C)C(=O)[C@H](CCSC)N1C(=O)NC. The number of amides is 3. The van der Waals surface area contributed by atoms with E-state index in [1.165, 1.54) is 0 Å². The number of nitrogens with one attached hydrogen (secondary N) is 1. The molecule has 3 amide bonds. The van der Waals surface area contributed by atoms with E-state index in [9.17, 15) is 9.59 Å². The van der Waals surface area contributed by atoms with Crippen LogP contribution in [0.4, 0.5) is 4.79 Å². The van der Waals surface area contributed by atoms with Crippen molar-refractivity contribution in [1.29, 1.82) is 0 Å². The van der Waals surface area contributed by atoms with E-state index in [0.717, 1.165) is 31.4 Å². The van der Waals surface area contributed by atoms with E-state index >= 15 is 0 Å². The Bertz CT molecular complexity index is 325. The van der Waals surface area contributed by atoms with Crippen molar-refractivity contribution < 1.29 is 9.59 Å². The molecular weight excluding hydrogens is 262 g/mol. The average molecular weight is 287 g/mol. The quantitative estimate of drug-likeness (QED) is 0.809. The molecule has 0 aliphatic carbocycles. The van der Waals surface area contributed by atoms with E-state index in [1.54, 1.807) is 35.7 Å². The van der Waals surface area contributed by atoms with Crippen LogP contribution >= 0.6 is 11.8 Å². The Hall–Kier alpha value is -0.910. The van der Waals surface area contributed by atoms with E-state index < -0.39 is 0 Å². The summed E-state index contributed by atoms with van der Waals surface area (Å²) < 4.78 is 0. The van der Waals surface area contributed by atoms with Gasteiger partial charge in [-0.25, -0.2) is 4.79 Å². The fourth-order valence-electron chi connectivity index (χ4n) is 2.51. The number of hydrogen-bond donors (Lipinski definition) is 1. The van der Waals surface area contributed by atoms with Gasteiger partial charge in [0.15, 0.2) is 0 Å². The van der Waals surface area contributed by atoms with Crippen LogP contribution in [0.25, 0.3) is 0 Å². The number of thioether (sulfide) groups is 1. The highest BCUT2D eigenvalue weighted by atomic mass is 32.2. The second kappa shape index (κ2) is 7.62. The first-order chi connectivity index (χ1) is 9.08. The molecule has 1 rings (SSSR count). The minimum absolute atomic E-state index is 0.0683. The first-order valence-corrected chi connectivity index (χ1v) is 8.23. The Morgan fingerprint density at radius 1 is 1.42 bits per heavy atom. The lowest BCUT2D eigenvalue weighted by Gasteiger charge is -2.29.